The zero-order valence-corrected chi connectivity index (χ0v) is 8.46. The van der Waals surface area contributed by atoms with E-state index in [2.05, 4.69) is 10.3 Å². The van der Waals surface area contributed by atoms with Crippen molar-refractivity contribution in [2.24, 2.45) is 5.73 Å². The topological polar surface area (TPSA) is 71.2 Å². The minimum Gasteiger partial charge on any atom is -0.325 e. The van der Waals surface area contributed by atoms with Gasteiger partial charge in [0.15, 0.2) is 5.13 Å². The second-order valence-corrected chi connectivity index (χ2v) is 4.23. The van der Waals surface area contributed by atoms with Crippen LogP contribution in [0.1, 0.15) is 0 Å². The Morgan fingerprint density at radius 1 is 1.79 bits per heavy atom. The molecule has 1 aliphatic rings. The maximum Gasteiger partial charge on any atom is 0.240 e. The van der Waals surface area contributed by atoms with Gasteiger partial charge in [-0.1, -0.05) is 0 Å². The van der Waals surface area contributed by atoms with Gasteiger partial charge in [0.05, 0.1) is 6.54 Å². The molecule has 14 heavy (non-hydrogen) atoms. The summed E-state index contributed by atoms with van der Waals surface area (Å²) in [6.07, 6.45) is 1.67. The molecule has 1 aromatic rings. The maximum atomic E-state index is 11.4. The second kappa shape index (κ2) is 4.04. The van der Waals surface area contributed by atoms with Gasteiger partial charge in [0, 0.05) is 30.7 Å². The number of hydrogen-bond donors (Lipinski definition) is 2. The highest BCUT2D eigenvalue weighted by Crippen LogP contribution is 2.11. The van der Waals surface area contributed by atoms with E-state index < -0.39 is 0 Å². The highest BCUT2D eigenvalue weighted by Gasteiger charge is 2.24. The molecule has 0 unspecified atom stereocenters. The van der Waals surface area contributed by atoms with Crippen molar-refractivity contribution in [3.63, 3.8) is 0 Å². The largest absolute Gasteiger partial charge is 0.325 e. The van der Waals surface area contributed by atoms with Crippen molar-refractivity contribution in [2.75, 3.05) is 25.0 Å². The number of carbonyl (C=O) groups is 1. The summed E-state index contributed by atoms with van der Waals surface area (Å²) in [5, 5.41) is 5.20. The fourth-order valence-electron chi connectivity index (χ4n) is 1.39. The summed E-state index contributed by atoms with van der Waals surface area (Å²) in [6, 6.07) is 0.239. The van der Waals surface area contributed by atoms with Gasteiger partial charge in [-0.2, -0.15) is 0 Å². The van der Waals surface area contributed by atoms with Gasteiger partial charge < -0.3 is 11.1 Å². The van der Waals surface area contributed by atoms with Crippen LogP contribution in [0.25, 0.3) is 0 Å². The molecule has 2 rings (SSSR count). The zero-order valence-electron chi connectivity index (χ0n) is 7.64. The molecule has 1 amide bonds. The number of thiazole rings is 1. The molecule has 76 valence electrons. The summed E-state index contributed by atoms with van der Waals surface area (Å²) in [6.45, 7) is 2.03. The van der Waals surface area contributed by atoms with Crippen molar-refractivity contribution in [3.8, 4) is 0 Å². The van der Waals surface area contributed by atoms with Gasteiger partial charge in [0.1, 0.15) is 0 Å². The van der Waals surface area contributed by atoms with Gasteiger partial charge in [-0.05, 0) is 0 Å². The number of nitrogens with one attached hydrogen (secondary N) is 1. The van der Waals surface area contributed by atoms with Crippen LogP contribution >= 0.6 is 11.3 Å². The van der Waals surface area contributed by atoms with Gasteiger partial charge in [0.25, 0.3) is 0 Å². The summed E-state index contributed by atoms with van der Waals surface area (Å²) in [5.41, 5.74) is 5.60. The Labute approximate surface area is 85.9 Å². The lowest BCUT2D eigenvalue weighted by molar-refractivity contribution is -0.118. The number of carbonyl (C=O) groups excluding carboxylic acids is 1. The van der Waals surface area contributed by atoms with Gasteiger partial charge in [0.2, 0.25) is 5.91 Å². The normalized spacial score (nSPS) is 17.8. The van der Waals surface area contributed by atoms with E-state index in [1.54, 1.807) is 6.20 Å². The molecular formula is C8H12N4OS. The number of amides is 1. The van der Waals surface area contributed by atoms with E-state index in [9.17, 15) is 4.79 Å². The quantitative estimate of drug-likeness (QED) is 0.723. The average Bonchev–Trinajstić information content (AvgIpc) is 2.54. The van der Waals surface area contributed by atoms with Gasteiger partial charge in [-0.15, -0.1) is 11.3 Å². The van der Waals surface area contributed by atoms with Crippen LogP contribution in [0.2, 0.25) is 0 Å². The number of nitrogens with two attached hydrogens (primary N) is 1. The highest BCUT2D eigenvalue weighted by molar-refractivity contribution is 7.13. The van der Waals surface area contributed by atoms with Crippen molar-refractivity contribution < 1.29 is 4.79 Å². The van der Waals surface area contributed by atoms with E-state index in [1.807, 2.05) is 10.3 Å². The molecule has 2 heterocycles. The van der Waals surface area contributed by atoms with Crippen molar-refractivity contribution in [1.82, 2.24) is 9.88 Å². The molecular weight excluding hydrogens is 200 g/mol. The maximum absolute atomic E-state index is 11.4. The van der Waals surface area contributed by atoms with E-state index in [-0.39, 0.29) is 11.9 Å². The number of nitrogens with zero attached hydrogens (tertiary/aromatic N) is 2. The molecule has 0 atom stereocenters. The third kappa shape index (κ3) is 2.28. The SMILES string of the molecule is NC1CN(CC(=O)Nc2nccs2)C1. The van der Waals surface area contributed by atoms with E-state index in [0.29, 0.717) is 11.7 Å². The van der Waals surface area contributed by atoms with Crippen molar-refractivity contribution in [1.29, 1.82) is 0 Å². The van der Waals surface area contributed by atoms with Crippen molar-refractivity contribution >= 4 is 22.4 Å². The molecule has 3 N–H and O–H groups in total. The fraction of sp³-hybridized carbons (Fsp3) is 0.500. The third-order valence-corrected chi connectivity index (χ3v) is 2.72. The number of anilines is 1. The van der Waals surface area contributed by atoms with E-state index >= 15 is 0 Å². The molecule has 0 radical (unpaired) electrons. The molecule has 0 aromatic carbocycles. The summed E-state index contributed by atoms with van der Waals surface area (Å²) in [5.74, 6) is -0.0214. The first kappa shape index (κ1) is 9.57. The van der Waals surface area contributed by atoms with Crippen LogP contribution in [0.15, 0.2) is 11.6 Å². The molecule has 6 heteroatoms. The molecule has 1 aromatic heterocycles. The molecule has 5 nitrogen and oxygen atoms in total. The molecule has 0 aliphatic carbocycles. The molecule has 1 saturated heterocycles. The van der Waals surface area contributed by atoms with E-state index in [0.717, 1.165) is 13.1 Å². The van der Waals surface area contributed by atoms with Crippen LogP contribution in [-0.4, -0.2) is 41.5 Å². The Bertz CT molecular complexity index is 307. The van der Waals surface area contributed by atoms with E-state index in [1.165, 1.54) is 11.3 Å². The Morgan fingerprint density at radius 2 is 2.57 bits per heavy atom. The van der Waals surface area contributed by atoms with Gasteiger partial charge >= 0.3 is 0 Å². The summed E-state index contributed by atoms with van der Waals surface area (Å²) >= 11 is 1.42. The average molecular weight is 212 g/mol. The van der Waals surface area contributed by atoms with Crippen LogP contribution in [-0.2, 0) is 4.79 Å². The molecule has 0 saturated carbocycles. The molecule has 1 aliphatic heterocycles. The predicted octanol–water partition coefficient (Wildman–Crippen LogP) is -0.276. The lowest BCUT2D eigenvalue weighted by Gasteiger charge is -2.35. The van der Waals surface area contributed by atoms with Crippen LogP contribution in [0.5, 0.6) is 0 Å². The fourth-order valence-corrected chi connectivity index (χ4v) is 1.93. The first-order chi connectivity index (χ1) is 6.74. The van der Waals surface area contributed by atoms with Gasteiger partial charge in [-0.25, -0.2) is 4.98 Å². The minimum atomic E-state index is -0.0214. The lowest BCUT2D eigenvalue weighted by Crippen LogP contribution is -2.57. The number of aromatic nitrogens is 1. The first-order valence-corrected chi connectivity index (χ1v) is 5.29. The van der Waals surface area contributed by atoms with Crippen LogP contribution < -0.4 is 11.1 Å². The van der Waals surface area contributed by atoms with Crippen LogP contribution in [0, 0.1) is 0 Å². The molecule has 0 bridgehead atoms. The van der Waals surface area contributed by atoms with E-state index in [4.69, 9.17) is 5.73 Å². The summed E-state index contributed by atoms with van der Waals surface area (Å²) < 4.78 is 0. The second-order valence-electron chi connectivity index (χ2n) is 3.34. The molecule has 1 fully saturated rings. The first-order valence-electron chi connectivity index (χ1n) is 4.41. The summed E-state index contributed by atoms with van der Waals surface area (Å²) in [7, 11) is 0. The zero-order chi connectivity index (χ0) is 9.97. The minimum absolute atomic E-state index is 0.0214. The Morgan fingerprint density at radius 3 is 3.14 bits per heavy atom. The Hall–Kier alpha value is -0.980. The lowest BCUT2D eigenvalue weighted by atomic mass is 10.1. The smallest absolute Gasteiger partial charge is 0.240 e. The van der Waals surface area contributed by atoms with Crippen molar-refractivity contribution in [2.45, 2.75) is 6.04 Å². The highest BCUT2D eigenvalue weighted by atomic mass is 32.1. The van der Waals surface area contributed by atoms with Gasteiger partial charge in [-0.3, -0.25) is 9.69 Å². The number of likely N-dealkylation sites (tertiary alicyclic amines) is 1. The molecule has 0 spiro atoms. The van der Waals surface area contributed by atoms with Crippen molar-refractivity contribution in [3.05, 3.63) is 11.6 Å². The Kier molecular flexibility index (Phi) is 2.76. The van der Waals surface area contributed by atoms with Crippen LogP contribution in [0.4, 0.5) is 5.13 Å². The standard InChI is InChI=1S/C8H12N4OS/c9-6-3-12(4-6)5-7(13)11-8-10-1-2-14-8/h1-2,6H,3-5,9H2,(H,10,11,13). The Balaban J connectivity index is 1.74. The predicted molar refractivity (Wildman–Crippen MR) is 55.2 cm³/mol. The monoisotopic (exact) mass is 212 g/mol. The number of hydrogen-bond acceptors (Lipinski definition) is 5. The van der Waals surface area contributed by atoms with Crippen LogP contribution in [0.3, 0.4) is 0 Å². The number of rotatable bonds is 3. The summed E-state index contributed by atoms with van der Waals surface area (Å²) in [4.78, 5) is 17.4. The third-order valence-electron chi connectivity index (χ3n) is 2.03.